The van der Waals surface area contributed by atoms with E-state index in [1.165, 1.54) is 12.1 Å². The largest absolute Gasteiger partial charge is 0.370 e. The molecule has 2 rings (SSSR count). The van der Waals surface area contributed by atoms with E-state index in [0.717, 1.165) is 22.9 Å². The molecule has 0 heterocycles. The van der Waals surface area contributed by atoms with Gasteiger partial charge in [0.25, 0.3) is 0 Å². The van der Waals surface area contributed by atoms with E-state index < -0.39 is 11.6 Å². The topological polar surface area (TPSA) is 50.4 Å². The van der Waals surface area contributed by atoms with Crippen molar-refractivity contribution in [3.8, 4) is 0 Å². The summed E-state index contributed by atoms with van der Waals surface area (Å²) in [5.41, 5.74) is 9.42. The van der Waals surface area contributed by atoms with E-state index in [2.05, 4.69) is 16.4 Å². The number of nitrogens with two attached hydrogens (primary N) is 1. The average molecular weight is 445 g/mol. The Morgan fingerprint density at radius 1 is 1.12 bits per heavy atom. The number of benzene rings is 2. The van der Waals surface area contributed by atoms with Crippen LogP contribution in [-0.4, -0.2) is 12.5 Å². The van der Waals surface area contributed by atoms with Gasteiger partial charge in [-0.3, -0.25) is 4.99 Å². The number of hydrogen-bond acceptors (Lipinski definition) is 1. The van der Waals surface area contributed by atoms with Crippen molar-refractivity contribution in [3.63, 3.8) is 0 Å². The van der Waals surface area contributed by atoms with Crippen LogP contribution in [0.25, 0.3) is 0 Å². The fraction of sp³-hybridized carbons (Fsp3) is 0.278. The molecule has 1 atom stereocenters. The van der Waals surface area contributed by atoms with E-state index >= 15 is 0 Å². The maximum Gasteiger partial charge on any atom is 0.193 e. The summed E-state index contributed by atoms with van der Waals surface area (Å²) in [7, 11) is 0. The second-order valence-corrected chi connectivity index (χ2v) is 5.79. The zero-order valence-electron chi connectivity index (χ0n) is 13.9. The number of aliphatic imine (C=N–C) groups is 1. The summed E-state index contributed by atoms with van der Waals surface area (Å²) in [5, 5.41) is 3.03. The van der Waals surface area contributed by atoms with Gasteiger partial charge in [-0.25, -0.2) is 8.78 Å². The molecule has 0 radical (unpaired) electrons. The molecule has 3 nitrogen and oxygen atoms in total. The minimum atomic E-state index is -0.585. The quantitative estimate of drug-likeness (QED) is 0.406. The van der Waals surface area contributed by atoms with Gasteiger partial charge in [0.2, 0.25) is 0 Å². The highest BCUT2D eigenvalue weighted by molar-refractivity contribution is 14.0. The van der Waals surface area contributed by atoms with Crippen molar-refractivity contribution in [1.82, 2.24) is 0 Å². The first kappa shape index (κ1) is 20.3. The first-order valence-corrected chi connectivity index (χ1v) is 7.45. The van der Waals surface area contributed by atoms with Crippen LogP contribution in [0.3, 0.4) is 0 Å². The van der Waals surface area contributed by atoms with Gasteiger partial charge in [0.1, 0.15) is 11.6 Å². The Labute approximate surface area is 158 Å². The van der Waals surface area contributed by atoms with E-state index in [-0.39, 0.29) is 35.9 Å². The van der Waals surface area contributed by atoms with Crippen molar-refractivity contribution in [2.45, 2.75) is 26.7 Å². The summed E-state index contributed by atoms with van der Waals surface area (Å²) in [6.07, 6.45) is 0. The number of hydrogen-bond donors (Lipinski definition) is 2. The lowest BCUT2D eigenvalue weighted by Gasteiger charge is -2.12. The first-order valence-electron chi connectivity index (χ1n) is 7.45. The van der Waals surface area contributed by atoms with Crippen LogP contribution < -0.4 is 11.1 Å². The molecule has 0 aromatic heterocycles. The molecule has 2 aromatic carbocycles. The number of guanidine groups is 1. The molecule has 0 fully saturated rings. The Kier molecular flexibility index (Phi) is 7.59. The van der Waals surface area contributed by atoms with Crippen LogP contribution in [0.1, 0.15) is 29.5 Å². The molecule has 130 valence electrons. The van der Waals surface area contributed by atoms with E-state index in [4.69, 9.17) is 5.73 Å². The monoisotopic (exact) mass is 445 g/mol. The van der Waals surface area contributed by atoms with Gasteiger partial charge in [0.15, 0.2) is 5.96 Å². The van der Waals surface area contributed by atoms with Crippen molar-refractivity contribution in [1.29, 1.82) is 0 Å². The Bertz CT molecular complexity index is 712. The summed E-state index contributed by atoms with van der Waals surface area (Å²) < 4.78 is 26.7. The van der Waals surface area contributed by atoms with Crippen LogP contribution in [0, 0.1) is 25.5 Å². The van der Waals surface area contributed by atoms with E-state index in [1.54, 1.807) is 0 Å². The van der Waals surface area contributed by atoms with Gasteiger partial charge in [-0.2, -0.15) is 0 Å². The predicted molar refractivity (Wildman–Crippen MR) is 106 cm³/mol. The number of nitrogens with one attached hydrogen (secondary N) is 1. The second-order valence-electron chi connectivity index (χ2n) is 5.79. The second kappa shape index (κ2) is 8.96. The molecule has 0 amide bonds. The first-order chi connectivity index (χ1) is 10.8. The van der Waals surface area contributed by atoms with Crippen molar-refractivity contribution in [2.75, 3.05) is 11.9 Å². The molecule has 24 heavy (non-hydrogen) atoms. The molecule has 0 spiro atoms. The lowest BCUT2D eigenvalue weighted by atomic mass is 10.0. The molecule has 2 aromatic rings. The van der Waals surface area contributed by atoms with E-state index in [0.29, 0.717) is 12.1 Å². The maximum atomic E-state index is 13.7. The molecule has 0 aliphatic heterocycles. The molecule has 0 bridgehead atoms. The SMILES string of the molecule is Cc1cc(C)cc(NC(N)=NCC(C)c2ccc(F)cc2F)c1.I. The lowest BCUT2D eigenvalue weighted by Crippen LogP contribution is -2.23. The van der Waals surface area contributed by atoms with Crippen LogP contribution in [0.5, 0.6) is 0 Å². The summed E-state index contributed by atoms with van der Waals surface area (Å²) in [6, 6.07) is 9.58. The van der Waals surface area contributed by atoms with Crippen LogP contribution >= 0.6 is 24.0 Å². The summed E-state index contributed by atoms with van der Waals surface area (Å²) in [5.74, 6) is -1.08. The van der Waals surface area contributed by atoms with Gasteiger partial charge in [0, 0.05) is 24.2 Å². The van der Waals surface area contributed by atoms with Crippen LogP contribution in [0.4, 0.5) is 14.5 Å². The fourth-order valence-electron chi connectivity index (χ4n) is 2.47. The third kappa shape index (κ3) is 5.74. The number of rotatable bonds is 4. The van der Waals surface area contributed by atoms with Crippen LogP contribution in [0.2, 0.25) is 0 Å². The fourth-order valence-corrected chi connectivity index (χ4v) is 2.47. The maximum absolute atomic E-state index is 13.7. The Morgan fingerprint density at radius 3 is 2.33 bits per heavy atom. The Balaban J connectivity index is 0.00000288. The molecular formula is C18H22F2IN3. The van der Waals surface area contributed by atoms with Gasteiger partial charge in [-0.1, -0.05) is 19.1 Å². The number of anilines is 1. The van der Waals surface area contributed by atoms with Crippen molar-refractivity contribution in [2.24, 2.45) is 10.7 Å². The molecule has 1 unspecified atom stereocenters. The lowest BCUT2D eigenvalue weighted by molar-refractivity contribution is 0.560. The number of nitrogens with zero attached hydrogens (tertiary/aromatic N) is 1. The van der Waals surface area contributed by atoms with Crippen LogP contribution in [0.15, 0.2) is 41.4 Å². The number of aryl methyl sites for hydroxylation is 2. The van der Waals surface area contributed by atoms with Gasteiger partial charge in [-0.15, -0.1) is 24.0 Å². The Morgan fingerprint density at radius 2 is 1.75 bits per heavy atom. The van der Waals surface area contributed by atoms with Gasteiger partial charge in [0.05, 0.1) is 0 Å². The molecule has 0 saturated carbocycles. The zero-order valence-corrected chi connectivity index (χ0v) is 16.3. The third-order valence-corrected chi connectivity index (χ3v) is 3.52. The Hall–Kier alpha value is -1.70. The molecule has 3 N–H and O–H groups in total. The third-order valence-electron chi connectivity index (χ3n) is 3.52. The molecule has 0 saturated heterocycles. The van der Waals surface area contributed by atoms with Gasteiger partial charge >= 0.3 is 0 Å². The van der Waals surface area contributed by atoms with Crippen molar-refractivity contribution >= 4 is 35.6 Å². The van der Waals surface area contributed by atoms with E-state index in [1.807, 2.05) is 32.9 Å². The van der Waals surface area contributed by atoms with Gasteiger partial charge in [-0.05, 0) is 48.7 Å². The summed E-state index contributed by atoms with van der Waals surface area (Å²) in [4.78, 5) is 4.24. The minimum absolute atomic E-state index is 0. The molecule has 0 aliphatic rings. The smallest absolute Gasteiger partial charge is 0.193 e. The minimum Gasteiger partial charge on any atom is -0.370 e. The predicted octanol–water partition coefficient (Wildman–Crippen LogP) is 4.73. The normalized spacial score (nSPS) is 12.5. The van der Waals surface area contributed by atoms with Crippen molar-refractivity contribution in [3.05, 3.63) is 64.7 Å². The van der Waals surface area contributed by atoms with E-state index in [9.17, 15) is 8.78 Å². The average Bonchev–Trinajstić information content (AvgIpc) is 2.43. The number of halogens is 3. The standard InChI is InChI=1S/C18H21F2N3.HI/c1-11-6-12(2)8-15(7-11)23-18(21)22-10-13(3)16-5-4-14(19)9-17(16)20;/h4-9,13H,10H2,1-3H3,(H3,21,22,23);1H. The van der Waals surface area contributed by atoms with Gasteiger partial charge < -0.3 is 11.1 Å². The highest BCUT2D eigenvalue weighted by Crippen LogP contribution is 2.20. The molecule has 0 aliphatic carbocycles. The molecular weight excluding hydrogens is 423 g/mol. The zero-order chi connectivity index (χ0) is 17.0. The summed E-state index contributed by atoms with van der Waals surface area (Å²) in [6.45, 7) is 6.14. The van der Waals surface area contributed by atoms with Crippen molar-refractivity contribution < 1.29 is 8.78 Å². The van der Waals surface area contributed by atoms with Crippen LogP contribution in [-0.2, 0) is 0 Å². The summed E-state index contributed by atoms with van der Waals surface area (Å²) >= 11 is 0. The highest BCUT2D eigenvalue weighted by atomic mass is 127. The highest BCUT2D eigenvalue weighted by Gasteiger charge is 2.11. The molecule has 6 heteroatoms.